The molecule has 1 atom stereocenters. The van der Waals surface area contributed by atoms with Crippen LogP contribution in [0.15, 0.2) is 6.07 Å². The zero-order valence-corrected chi connectivity index (χ0v) is 26.5. The molecule has 10 nitrogen and oxygen atoms in total. The molecule has 5 N–H and O–H groups in total. The Labute approximate surface area is 249 Å². The summed E-state index contributed by atoms with van der Waals surface area (Å²) in [5.74, 6) is 4.43. The minimum atomic E-state index is -1.90. The summed E-state index contributed by atoms with van der Waals surface area (Å²) < 4.78 is 17.1. The lowest BCUT2D eigenvalue weighted by Crippen LogP contribution is -2.47. The van der Waals surface area contributed by atoms with Gasteiger partial charge < -0.3 is 31.1 Å². The number of nitrogen functional groups attached to an aromatic ring is 1. The maximum Gasteiger partial charge on any atom is 0.226 e. The van der Waals surface area contributed by atoms with Crippen molar-refractivity contribution < 1.29 is 9.09 Å². The van der Waals surface area contributed by atoms with Crippen LogP contribution in [0.4, 0.5) is 17.6 Å². The predicted molar refractivity (Wildman–Crippen MR) is 171 cm³/mol. The molecule has 1 aliphatic heterocycles. The Bertz CT molecular complexity index is 887. The van der Waals surface area contributed by atoms with Crippen molar-refractivity contribution in [1.82, 2.24) is 25.5 Å². The molecule has 1 unspecified atom stereocenters. The average molecular weight is 593 g/mol. The number of nitrogens with one attached hydrogen (secondary N) is 3. The zero-order valence-electron chi connectivity index (χ0n) is 25.5. The SMILES string of the molecule is CCO[PH](=O)CCN1CCN(c2cc(N)nc(NC[C@H]3CC[C@H](CNCCCNCC4CCCCC4)CC3)n2)CC1. The summed E-state index contributed by atoms with van der Waals surface area (Å²) in [6.07, 6.45) is 14.1. The molecule has 2 aliphatic carbocycles. The highest BCUT2D eigenvalue weighted by molar-refractivity contribution is 7.39. The highest BCUT2D eigenvalue weighted by atomic mass is 31.1. The Morgan fingerprint density at radius 3 is 2.20 bits per heavy atom. The highest BCUT2D eigenvalue weighted by Gasteiger charge is 2.22. The molecule has 0 bridgehead atoms. The normalized spacial score (nSPS) is 23.5. The molecule has 2 saturated carbocycles. The molecule has 1 saturated heterocycles. The van der Waals surface area contributed by atoms with Gasteiger partial charge in [-0.1, -0.05) is 19.3 Å². The van der Waals surface area contributed by atoms with Gasteiger partial charge >= 0.3 is 0 Å². The van der Waals surface area contributed by atoms with Crippen molar-refractivity contribution in [2.24, 2.45) is 17.8 Å². The van der Waals surface area contributed by atoms with Gasteiger partial charge in [-0.25, -0.2) is 0 Å². The molecule has 1 aromatic rings. The van der Waals surface area contributed by atoms with Crippen LogP contribution >= 0.6 is 8.03 Å². The van der Waals surface area contributed by atoms with E-state index in [1.54, 1.807) is 0 Å². The molecule has 11 heteroatoms. The van der Waals surface area contributed by atoms with Crippen LogP contribution in [0.25, 0.3) is 0 Å². The van der Waals surface area contributed by atoms with E-state index in [1.165, 1.54) is 70.8 Å². The Morgan fingerprint density at radius 2 is 1.54 bits per heavy atom. The summed E-state index contributed by atoms with van der Waals surface area (Å²) in [6, 6.07) is 1.87. The molecule has 1 aromatic heterocycles. The zero-order chi connectivity index (χ0) is 28.7. The van der Waals surface area contributed by atoms with Gasteiger partial charge in [-0.3, -0.25) is 9.46 Å². The monoisotopic (exact) mass is 592 g/mol. The van der Waals surface area contributed by atoms with Crippen LogP contribution < -0.4 is 26.6 Å². The summed E-state index contributed by atoms with van der Waals surface area (Å²) in [7, 11) is -1.90. The maximum absolute atomic E-state index is 11.8. The second-order valence-electron chi connectivity index (χ2n) is 12.4. The summed E-state index contributed by atoms with van der Waals surface area (Å²) >= 11 is 0. The lowest BCUT2D eigenvalue weighted by atomic mass is 9.82. The van der Waals surface area contributed by atoms with E-state index >= 15 is 0 Å². The molecule has 234 valence electrons. The van der Waals surface area contributed by atoms with E-state index in [0.29, 0.717) is 30.5 Å². The number of rotatable bonds is 17. The second-order valence-corrected chi connectivity index (χ2v) is 13.9. The molecule has 0 amide bonds. The highest BCUT2D eigenvalue weighted by Crippen LogP contribution is 2.29. The third kappa shape index (κ3) is 12.0. The van der Waals surface area contributed by atoms with Gasteiger partial charge in [-0.2, -0.15) is 9.97 Å². The van der Waals surface area contributed by atoms with Crippen LogP contribution in [0.3, 0.4) is 0 Å². The lowest BCUT2D eigenvalue weighted by Gasteiger charge is -2.35. The van der Waals surface area contributed by atoms with E-state index in [-0.39, 0.29) is 0 Å². The van der Waals surface area contributed by atoms with Crippen LogP contribution in [0.2, 0.25) is 0 Å². The molecular formula is C30H57N8O2P. The first-order chi connectivity index (χ1) is 20.1. The topological polar surface area (TPSA) is 121 Å². The van der Waals surface area contributed by atoms with Crippen LogP contribution in [-0.4, -0.2) is 93.1 Å². The Kier molecular flexibility index (Phi) is 14.5. The number of hydrogen-bond donors (Lipinski definition) is 4. The fraction of sp³-hybridized carbons (Fsp3) is 0.867. The first-order valence-corrected chi connectivity index (χ1v) is 18.0. The predicted octanol–water partition coefficient (Wildman–Crippen LogP) is 4.06. The van der Waals surface area contributed by atoms with E-state index < -0.39 is 8.03 Å². The standard InChI is InChI=1S/C30H57N8O2P/c1-2-40-41(39)20-19-37-15-17-38(18-16-37)29-21-28(31)35-30(36-29)34-24-27-11-9-26(10-12-27)23-33-14-6-13-32-22-25-7-4-3-5-8-25/h21,25-27,32-33,41H,2-20,22-24H2,1H3,(H3,31,34,35,36)/t26-,27-. The number of nitrogens with two attached hydrogens (primary N) is 1. The van der Waals surface area contributed by atoms with Gasteiger partial charge in [0.15, 0.2) is 8.03 Å². The summed E-state index contributed by atoms with van der Waals surface area (Å²) in [4.78, 5) is 13.9. The molecule has 0 aromatic carbocycles. The van der Waals surface area contributed by atoms with Crippen molar-refractivity contribution in [3.63, 3.8) is 0 Å². The first kappa shape index (κ1) is 32.5. The molecule has 3 fully saturated rings. The Balaban J connectivity index is 1.06. The number of nitrogens with zero attached hydrogens (tertiary/aromatic N) is 4. The van der Waals surface area contributed by atoms with Crippen LogP contribution in [0, 0.1) is 17.8 Å². The molecule has 0 radical (unpaired) electrons. The fourth-order valence-corrected chi connectivity index (χ4v) is 7.56. The average Bonchev–Trinajstić information content (AvgIpc) is 3.00. The first-order valence-electron chi connectivity index (χ1n) is 16.5. The summed E-state index contributed by atoms with van der Waals surface area (Å²) in [6.45, 7) is 12.4. The van der Waals surface area contributed by atoms with Gasteiger partial charge in [0.1, 0.15) is 11.6 Å². The van der Waals surface area contributed by atoms with E-state index in [1.807, 2.05) is 13.0 Å². The van der Waals surface area contributed by atoms with Crippen molar-refractivity contribution in [2.45, 2.75) is 71.1 Å². The quantitative estimate of drug-likeness (QED) is 0.156. The third-order valence-corrected chi connectivity index (χ3v) is 10.4. The number of piperazine rings is 1. The van der Waals surface area contributed by atoms with Gasteiger partial charge in [0.25, 0.3) is 0 Å². The van der Waals surface area contributed by atoms with Crippen molar-refractivity contribution in [2.75, 3.05) is 94.2 Å². The fourth-order valence-electron chi connectivity index (χ4n) is 6.59. The van der Waals surface area contributed by atoms with Gasteiger partial charge in [0.2, 0.25) is 5.95 Å². The number of anilines is 3. The molecule has 0 spiro atoms. The molecule has 41 heavy (non-hydrogen) atoms. The Hall–Kier alpha value is -1.45. The molecule has 4 rings (SSSR count). The molecule has 3 aliphatic rings. The van der Waals surface area contributed by atoms with E-state index in [4.69, 9.17) is 15.2 Å². The molecular weight excluding hydrogens is 535 g/mol. The van der Waals surface area contributed by atoms with Gasteiger partial charge in [-0.15, -0.1) is 0 Å². The van der Waals surface area contributed by atoms with Gasteiger partial charge in [0, 0.05) is 51.5 Å². The van der Waals surface area contributed by atoms with Crippen LogP contribution in [-0.2, 0) is 9.09 Å². The second kappa shape index (κ2) is 18.3. The maximum atomic E-state index is 11.8. The number of hydrogen-bond acceptors (Lipinski definition) is 10. The smallest absolute Gasteiger partial charge is 0.226 e. The Morgan fingerprint density at radius 1 is 0.902 bits per heavy atom. The van der Waals surface area contributed by atoms with Gasteiger partial charge in [0.05, 0.1) is 6.61 Å². The largest absolute Gasteiger partial charge is 0.383 e. The van der Waals surface area contributed by atoms with Gasteiger partial charge in [-0.05, 0) is 95.8 Å². The van der Waals surface area contributed by atoms with Crippen molar-refractivity contribution in [3.8, 4) is 0 Å². The summed E-state index contributed by atoms with van der Waals surface area (Å²) in [5, 5.41) is 10.9. The number of aromatic nitrogens is 2. The lowest BCUT2D eigenvalue weighted by molar-refractivity contribution is 0.266. The van der Waals surface area contributed by atoms with E-state index in [0.717, 1.165) is 76.6 Å². The third-order valence-electron chi connectivity index (χ3n) is 9.18. The molecule has 2 heterocycles. The van der Waals surface area contributed by atoms with Crippen LogP contribution in [0.1, 0.15) is 71.1 Å². The van der Waals surface area contributed by atoms with Crippen molar-refractivity contribution in [3.05, 3.63) is 6.07 Å². The van der Waals surface area contributed by atoms with E-state index in [2.05, 4.69) is 30.7 Å². The van der Waals surface area contributed by atoms with Crippen LogP contribution in [0.5, 0.6) is 0 Å². The van der Waals surface area contributed by atoms with Crippen molar-refractivity contribution in [1.29, 1.82) is 0 Å². The minimum absolute atomic E-state index is 0.509. The van der Waals surface area contributed by atoms with Crippen molar-refractivity contribution >= 4 is 25.6 Å². The van der Waals surface area contributed by atoms with E-state index in [9.17, 15) is 4.57 Å². The summed E-state index contributed by atoms with van der Waals surface area (Å²) in [5.41, 5.74) is 6.16. The minimum Gasteiger partial charge on any atom is -0.383 e.